The highest BCUT2D eigenvalue weighted by atomic mass is 16.3. The molecule has 0 aromatic heterocycles. The summed E-state index contributed by atoms with van der Waals surface area (Å²) >= 11 is 0. The van der Waals surface area contributed by atoms with Gasteiger partial charge in [0, 0.05) is 12.6 Å². The van der Waals surface area contributed by atoms with Gasteiger partial charge in [0.05, 0.1) is 12.6 Å². The highest BCUT2D eigenvalue weighted by molar-refractivity contribution is 5.81. The Kier molecular flexibility index (Phi) is 5.05. The molecule has 4 heteroatoms. The smallest absolute Gasteiger partial charge is 0.237 e. The zero-order valence-electron chi connectivity index (χ0n) is 9.62. The summed E-state index contributed by atoms with van der Waals surface area (Å²) in [5.74, 6) is 0.414. The zero-order valence-corrected chi connectivity index (χ0v) is 9.62. The molecule has 1 heterocycles. The van der Waals surface area contributed by atoms with Crippen LogP contribution in [0.2, 0.25) is 0 Å². The van der Waals surface area contributed by atoms with Crippen LogP contribution in [0.15, 0.2) is 0 Å². The van der Waals surface area contributed by atoms with E-state index < -0.39 is 0 Å². The molecule has 2 unspecified atom stereocenters. The summed E-state index contributed by atoms with van der Waals surface area (Å²) in [5, 5.41) is 15.3. The molecule has 1 amide bonds. The van der Waals surface area contributed by atoms with E-state index in [1.807, 2.05) is 13.8 Å². The normalized spacial score (nSPS) is 24.8. The van der Waals surface area contributed by atoms with Gasteiger partial charge < -0.3 is 15.7 Å². The van der Waals surface area contributed by atoms with E-state index >= 15 is 0 Å². The summed E-state index contributed by atoms with van der Waals surface area (Å²) in [6, 6.07) is -0.120. The Hall–Kier alpha value is -0.610. The molecular formula is C11H22N2O2. The summed E-state index contributed by atoms with van der Waals surface area (Å²) < 4.78 is 0. The van der Waals surface area contributed by atoms with Crippen molar-refractivity contribution in [3.05, 3.63) is 0 Å². The Morgan fingerprint density at radius 3 is 2.87 bits per heavy atom. The van der Waals surface area contributed by atoms with Crippen LogP contribution in [0.1, 0.15) is 33.1 Å². The molecule has 0 saturated carbocycles. The number of aliphatic hydroxyl groups excluding tert-OH is 1. The van der Waals surface area contributed by atoms with Crippen molar-refractivity contribution in [2.75, 3.05) is 13.2 Å². The van der Waals surface area contributed by atoms with Gasteiger partial charge in [-0.1, -0.05) is 13.8 Å². The van der Waals surface area contributed by atoms with E-state index in [4.69, 9.17) is 0 Å². The minimum absolute atomic E-state index is 0.0128. The van der Waals surface area contributed by atoms with Crippen LogP contribution in [0.5, 0.6) is 0 Å². The van der Waals surface area contributed by atoms with E-state index in [1.54, 1.807) is 0 Å². The molecule has 1 aliphatic heterocycles. The SMILES string of the molecule is CC(C)C(CO)NC1CCCCNC1=O. The fraction of sp³-hybridized carbons (Fsp3) is 0.909. The van der Waals surface area contributed by atoms with E-state index in [9.17, 15) is 9.90 Å². The molecule has 88 valence electrons. The lowest BCUT2D eigenvalue weighted by Gasteiger charge is -2.25. The number of carbonyl (C=O) groups is 1. The summed E-state index contributed by atoms with van der Waals surface area (Å²) in [6.45, 7) is 4.95. The van der Waals surface area contributed by atoms with Gasteiger partial charge in [-0.05, 0) is 25.2 Å². The van der Waals surface area contributed by atoms with Gasteiger partial charge in [-0.25, -0.2) is 0 Å². The number of amides is 1. The molecule has 1 rings (SSSR count). The number of rotatable bonds is 4. The summed E-state index contributed by atoms with van der Waals surface area (Å²) in [6.07, 6.45) is 2.98. The van der Waals surface area contributed by atoms with Gasteiger partial charge in [-0.2, -0.15) is 0 Å². The van der Waals surface area contributed by atoms with Gasteiger partial charge in [0.1, 0.15) is 0 Å². The second-order valence-corrected chi connectivity index (χ2v) is 4.54. The van der Waals surface area contributed by atoms with Gasteiger partial charge in [0.2, 0.25) is 5.91 Å². The number of aliphatic hydroxyl groups is 1. The van der Waals surface area contributed by atoms with Gasteiger partial charge in [0.15, 0.2) is 0 Å². The van der Waals surface area contributed by atoms with Crippen LogP contribution in [0.4, 0.5) is 0 Å². The maximum absolute atomic E-state index is 11.6. The first kappa shape index (κ1) is 12.5. The predicted molar refractivity (Wildman–Crippen MR) is 59.5 cm³/mol. The number of nitrogens with one attached hydrogen (secondary N) is 2. The van der Waals surface area contributed by atoms with Crippen molar-refractivity contribution >= 4 is 5.91 Å². The maximum atomic E-state index is 11.6. The number of hydrogen-bond acceptors (Lipinski definition) is 3. The number of carbonyl (C=O) groups excluding carboxylic acids is 1. The van der Waals surface area contributed by atoms with Crippen LogP contribution in [0.25, 0.3) is 0 Å². The lowest BCUT2D eigenvalue weighted by Crippen LogP contribution is -2.50. The molecule has 1 fully saturated rings. The van der Waals surface area contributed by atoms with Crippen LogP contribution in [0.3, 0.4) is 0 Å². The first-order chi connectivity index (χ1) is 7.15. The first-order valence-corrected chi connectivity index (χ1v) is 5.79. The van der Waals surface area contributed by atoms with Crippen molar-refractivity contribution in [3.8, 4) is 0 Å². The molecular weight excluding hydrogens is 192 g/mol. The maximum Gasteiger partial charge on any atom is 0.237 e. The number of hydrogen-bond donors (Lipinski definition) is 3. The lowest BCUT2D eigenvalue weighted by atomic mass is 10.0. The molecule has 2 atom stereocenters. The zero-order chi connectivity index (χ0) is 11.3. The van der Waals surface area contributed by atoms with E-state index in [0.29, 0.717) is 5.92 Å². The molecule has 1 aliphatic rings. The van der Waals surface area contributed by atoms with E-state index in [-0.39, 0.29) is 24.6 Å². The van der Waals surface area contributed by atoms with Crippen molar-refractivity contribution in [1.29, 1.82) is 0 Å². The van der Waals surface area contributed by atoms with Crippen LogP contribution in [-0.2, 0) is 4.79 Å². The van der Waals surface area contributed by atoms with Crippen molar-refractivity contribution in [2.24, 2.45) is 5.92 Å². The van der Waals surface area contributed by atoms with Crippen LogP contribution in [0, 0.1) is 5.92 Å². The molecule has 0 spiro atoms. The average molecular weight is 214 g/mol. The second-order valence-electron chi connectivity index (χ2n) is 4.54. The minimum Gasteiger partial charge on any atom is -0.395 e. The topological polar surface area (TPSA) is 61.4 Å². The Balaban J connectivity index is 2.49. The molecule has 0 aromatic rings. The highest BCUT2D eigenvalue weighted by Crippen LogP contribution is 2.09. The Bertz CT molecular complexity index is 207. The van der Waals surface area contributed by atoms with Crippen molar-refractivity contribution in [2.45, 2.75) is 45.2 Å². The van der Waals surface area contributed by atoms with Crippen molar-refractivity contribution in [3.63, 3.8) is 0 Å². The fourth-order valence-corrected chi connectivity index (χ4v) is 1.81. The Morgan fingerprint density at radius 2 is 2.27 bits per heavy atom. The quantitative estimate of drug-likeness (QED) is 0.629. The molecule has 4 nitrogen and oxygen atoms in total. The Morgan fingerprint density at radius 1 is 1.53 bits per heavy atom. The highest BCUT2D eigenvalue weighted by Gasteiger charge is 2.24. The van der Waals surface area contributed by atoms with Gasteiger partial charge in [-0.3, -0.25) is 4.79 Å². The van der Waals surface area contributed by atoms with E-state index in [2.05, 4.69) is 10.6 Å². The molecule has 0 radical (unpaired) electrons. The largest absolute Gasteiger partial charge is 0.395 e. The van der Waals surface area contributed by atoms with E-state index in [1.165, 1.54) is 0 Å². The van der Waals surface area contributed by atoms with Gasteiger partial charge >= 0.3 is 0 Å². The van der Waals surface area contributed by atoms with Crippen LogP contribution >= 0.6 is 0 Å². The standard InChI is InChI=1S/C11H22N2O2/c1-8(2)10(7-14)13-9-5-3-4-6-12-11(9)15/h8-10,13-14H,3-7H2,1-2H3,(H,12,15). The van der Waals surface area contributed by atoms with Gasteiger partial charge in [0.25, 0.3) is 0 Å². The minimum atomic E-state index is -0.132. The third kappa shape index (κ3) is 3.80. The molecule has 1 saturated heterocycles. The summed E-state index contributed by atoms with van der Waals surface area (Å²) in [7, 11) is 0. The van der Waals surface area contributed by atoms with Crippen molar-refractivity contribution in [1.82, 2.24) is 10.6 Å². The summed E-state index contributed by atoms with van der Waals surface area (Å²) in [5.41, 5.74) is 0. The monoisotopic (exact) mass is 214 g/mol. The lowest BCUT2D eigenvalue weighted by molar-refractivity contribution is -0.123. The molecule has 0 bridgehead atoms. The average Bonchev–Trinajstić information content (AvgIpc) is 2.39. The molecule has 0 aliphatic carbocycles. The van der Waals surface area contributed by atoms with Gasteiger partial charge in [-0.15, -0.1) is 0 Å². The van der Waals surface area contributed by atoms with Crippen molar-refractivity contribution < 1.29 is 9.90 Å². The Labute approximate surface area is 91.4 Å². The molecule has 3 N–H and O–H groups in total. The molecule has 0 aromatic carbocycles. The molecule has 15 heavy (non-hydrogen) atoms. The fourth-order valence-electron chi connectivity index (χ4n) is 1.81. The van der Waals surface area contributed by atoms with Crippen LogP contribution < -0.4 is 10.6 Å². The first-order valence-electron chi connectivity index (χ1n) is 5.79. The second kappa shape index (κ2) is 6.08. The summed E-state index contributed by atoms with van der Waals surface area (Å²) in [4.78, 5) is 11.6. The van der Waals surface area contributed by atoms with Crippen LogP contribution in [-0.4, -0.2) is 36.2 Å². The predicted octanol–water partition coefficient (Wildman–Crippen LogP) is 0.262. The van der Waals surface area contributed by atoms with E-state index in [0.717, 1.165) is 25.8 Å². The third-order valence-electron chi connectivity index (χ3n) is 2.95. The third-order valence-corrected chi connectivity index (χ3v) is 2.95.